The molecule has 1 heterocycles. The molecular weight excluding hydrogens is 178 g/mol. The quantitative estimate of drug-likeness (QED) is 0.750. The lowest BCUT2D eigenvalue weighted by Gasteiger charge is -2.15. The number of carbonyl (C=O) groups is 1. The Morgan fingerprint density at radius 3 is 2.64 bits per heavy atom. The number of rotatable bonds is 2. The topological polar surface area (TPSA) is 40.5 Å². The normalized spacial score (nSPS) is 21.6. The Morgan fingerprint density at radius 1 is 1.36 bits per heavy atom. The van der Waals surface area contributed by atoms with Gasteiger partial charge in [0.25, 0.3) is 0 Å². The van der Waals surface area contributed by atoms with Crippen molar-refractivity contribution in [2.45, 2.75) is 19.1 Å². The number of aliphatic hydroxyl groups excluding tert-OH is 1. The third-order valence-electron chi connectivity index (χ3n) is 2.41. The molecule has 2 rings (SSSR count). The average Bonchev–Trinajstić information content (AvgIpc) is 2.47. The summed E-state index contributed by atoms with van der Waals surface area (Å²) >= 11 is 0. The molecule has 0 aliphatic carbocycles. The van der Waals surface area contributed by atoms with Gasteiger partial charge < -0.3 is 10.0 Å². The maximum atomic E-state index is 11.4. The van der Waals surface area contributed by atoms with Crippen LogP contribution in [0.5, 0.6) is 0 Å². The van der Waals surface area contributed by atoms with Crippen molar-refractivity contribution < 1.29 is 9.90 Å². The molecule has 1 unspecified atom stereocenters. The highest BCUT2D eigenvalue weighted by Crippen LogP contribution is 2.14. The molecule has 3 nitrogen and oxygen atoms in total. The molecule has 1 aliphatic rings. The summed E-state index contributed by atoms with van der Waals surface area (Å²) in [5, 5.41) is 9.29. The van der Waals surface area contributed by atoms with Gasteiger partial charge in [-0.3, -0.25) is 4.79 Å². The molecule has 0 spiro atoms. The third kappa shape index (κ3) is 1.93. The van der Waals surface area contributed by atoms with Crippen LogP contribution >= 0.6 is 0 Å². The van der Waals surface area contributed by atoms with Gasteiger partial charge >= 0.3 is 0 Å². The van der Waals surface area contributed by atoms with Crippen molar-refractivity contribution in [3.05, 3.63) is 35.9 Å². The van der Waals surface area contributed by atoms with E-state index in [1.807, 2.05) is 30.3 Å². The summed E-state index contributed by atoms with van der Waals surface area (Å²) in [7, 11) is 0. The van der Waals surface area contributed by atoms with E-state index in [-0.39, 0.29) is 12.3 Å². The summed E-state index contributed by atoms with van der Waals surface area (Å²) in [6.45, 7) is 1.07. The van der Waals surface area contributed by atoms with Gasteiger partial charge in [-0.15, -0.1) is 0 Å². The van der Waals surface area contributed by atoms with Crippen molar-refractivity contribution in [1.82, 2.24) is 4.90 Å². The molecule has 74 valence electrons. The van der Waals surface area contributed by atoms with E-state index in [0.29, 0.717) is 13.1 Å². The number of hydrogen-bond donors (Lipinski definition) is 1. The molecule has 3 heteroatoms. The van der Waals surface area contributed by atoms with Crippen molar-refractivity contribution in [3.63, 3.8) is 0 Å². The second-order valence-electron chi connectivity index (χ2n) is 3.62. The molecular formula is C11H13NO2. The number of nitrogens with zero attached hydrogens (tertiary/aromatic N) is 1. The number of aliphatic hydroxyl groups is 1. The summed E-state index contributed by atoms with van der Waals surface area (Å²) in [6, 6.07) is 9.82. The van der Waals surface area contributed by atoms with Crippen LogP contribution in [0.15, 0.2) is 30.3 Å². The molecule has 1 saturated heterocycles. The van der Waals surface area contributed by atoms with Gasteiger partial charge in [0.15, 0.2) is 0 Å². The van der Waals surface area contributed by atoms with E-state index in [1.54, 1.807) is 4.90 Å². The van der Waals surface area contributed by atoms with Crippen molar-refractivity contribution in [2.75, 3.05) is 6.54 Å². The van der Waals surface area contributed by atoms with Crippen LogP contribution in [0.25, 0.3) is 0 Å². The minimum atomic E-state index is -0.480. The van der Waals surface area contributed by atoms with Gasteiger partial charge in [-0.25, -0.2) is 0 Å². The first-order chi connectivity index (χ1) is 6.75. The molecule has 1 amide bonds. The zero-order valence-corrected chi connectivity index (χ0v) is 7.89. The Kier molecular flexibility index (Phi) is 2.50. The molecule has 1 fully saturated rings. The Labute approximate surface area is 83.0 Å². The number of carbonyl (C=O) groups excluding carboxylic acids is 1. The molecule has 1 aromatic rings. The monoisotopic (exact) mass is 191 g/mol. The summed E-state index contributed by atoms with van der Waals surface area (Å²) in [5.41, 5.74) is 1.11. The highest BCUT2D eigenvalue weighted by atomic mass is 16.3. The highest BCUT2D eigenvalue weighted by molar-refractivity contribution is 5.78. The summed E-state index contributed by atoms with van der Waals surface area (Å²) < 4.78 is 0. The van der Waals surface area contributed by atoms with Gasteiger partial charge in [0.05, 0.1) is 12.5 Å². The van der Waals surface area contributed by atoms with Crippen molar-refractivity contribution in [3.8, 4) is 0 Å². The van der Waals surface area contributed by atoms with E-state index in [4.69, 9.17) is 0 Å². The fourth-order valence-corrected chi connectivity index (χ4v) is 1.71. The van der Waals surface area contributed by atoms with Gasteiger partial charge in [0, 0.05) is 13.1 Å². The van der Waals surface area contributed by atoms with Crippen LogP contribution in [0.3, 0.4) is 0 Å². The maximum Gasteiger partial charge on any atom is 0.225 e. The fourth-order valence-electron chi connectivity index (χ4n) is 1.71. The molecule has 1 aromatic carbocycles. The fraction of sp³-hybridized carbons (Fsp3) is 0.364. The SMILES string of the molecule is O=C1CC(O)CN1Cc1ccccc1. The van der Waals surface area contributed by atoms with E-state index in [0.717, 1.165) is 5.56 Å². The molecule has 1 atom stereocenters. The average molecular weight is 191 g/mol. The predicted molar refractivity (Wildman–Crippen MR) is 52.5 cm³/mol. The molecule has 0 radical (unpaired) electrons. The lowest BCUT2D eigenvalue weighted by atomic mass is 10.2. The number of benzene rings is 1. The van der Waals surface area contributed by atoms with E-state index in [9.17, 15) is 9.90 Å². The number of likely N-dealkylation sites (tertiary alicyclic amines) is 1. The third-order valence-corrected chi connectivity index (χ3v) is 2.41. The lowest BCUT2D eigenvalue weighted by molar-refractivity contribution is -0.128. The minimum Gasteiger partial charge on any atom is -0.391 e. The van der Waals surface area contributed by atoms with Crippen LogP contribution in [-0.4, -0.2) is 28.6 Å². The molecule has 0 aromatic heterocycles. The first kappa shape index (κ1) is 9.21. The van der Waals surface area contributed by atoms with Crippen LogP contribution in [-0.2, 0) is 11.3 Å². The van der Waals surface area contributed by atoms with Gasteiger partial charge in [-0.2, -0.15) is 0 Å². The Morgan fingerprint density at radius 2 is 2.07 bits per heavy atom. The summed E-state index contributed by atoms with van der Waals surface area (Å²) in [6.07, 6.45) is -0.210. The summed E-state index contributed by atoms with van der Waals surface area (Å²) in [4.78, 5) is 13.0. The first-order valence-corrected chi connectivity index (χ1v) is 4.75. The van der Waals surface area contributed by atoms with Crippen LogP contribution in [0, 0.1) is 0 Å². The van der Waals surface area contributed by atoms with E-state index in [1.165, 1.54) is 0 Å². The highest BCUT2D eigenvalue weighted by Gasteiger charge is 2.27. The van der Waals surface area contributed by atoms with Gasteiger partial charge in [0.2, 0.25) is 5.91 Å². The van der Waals surface area contributed by atoms with Crippen molar-refractivity contribution >= 4 is 5.91 Å². The Bertz CT molecular complexity index is 323. The van der Waals surface area contributed by atoms with Crippen molar-refractivity contribution in [2.24, 2.45) is 0 Å². The Balaban J connectivity index is 2.02. The second kappa shape index (κ2) is 3.80. The standard InChI is InChI=1S/C11H13NO2/c13-10-6-11(14)12(8-10)7-9-4-2-1-3-5-9/h1-5,10,13H,6-8H2. The molecule has 0 saturated carbocycles. The van der Waals surface area contributed by atoms with Gasteiger partial charge in [-0.05, 0) is 5.56 Å². The summed E-state index contributed by atoms with van der Waals surface area (Å²) in [5.74, 6) is 0.0429. The predicted octanol–water partition coefficient (Wildman–Crippen LogP) is 0.780. The van der Waals surface area contributed by atoms with Crippen LogP contribution in [0.1, 0.15) is 12.0 Å². The lowest BCUT2D eigenvalue weighted by Crippen LogP contribution is -2.25. The largest absolute Gasteiger partial charge is 0.391 e. The zero-order chi connectivity index (χ0) is 9.97. The van der Waals surface area contributed by atoms with E-state index >= 15 is 0 Å². The molecule has 0 bridgehead atoms. The van der Waals surface area contributed by atoms with E-state index < -0.39 is 6.10 Å². The molecule has 14 heavy (non-hydrogen) atoms. The van der Waals surface area contributed by atoms with Crippen molar-refractivity contribution in [1.29, 1.82) is 0 Å². The smallest absolute Gasteiger partial charge is 0.225 e. The molecule has 1 N–H and O–H groups in total. The van der Waals surface area contributed by atoms with Crippen LogP contribution < -0.4 is 0 Å². The number of hydrogen-bond acceptors (Lipinski definition) is 2. The number of amides is 1. The second-order valence-corrected chi connectivity index (χ2v) is 3.62. The first-order valence-electron chi connectivity index (χ1n) is 4.75. The van der Waals surface area contributed by atoms with E-state index in [2.05, 4.69) is 0 Å². The number of β-amino-alcohol motifs (C(OH)–C–C–N with tert-alkyl or cyclic N) is 1. The van der Waals surface area contributed by atoms with Crippen LogP contribution in [0.2, 0.25) is 0 Å². The zero-order valence-electron chi connectivity index (χ0n) is 7.89. The molecule has 1 aliphatic heterocycles. The minimum absolute atomic E-state index is 0.0429. The van der Waals surface area contributed by atoms with Gasteiger partial charge in [0.1, 0.15) is 0 Å². The van der Waals surface area contributed by atoms with Gasteiger partial charge in [-0.1, -0.05) is 30.3 Å². The Hall–Kier alpha value is -1.35. The maximum absolute atomic E-state index is 11.4. The van der Waals surface area contributed by atoms with Crippen LogP contribution in [0.4, 0.5) is 0 Å².